The third-order valence-electron chi connectivity index (χ3n) is 5.09. The molecule has 2 unspecified atom stereocenters. The van der Waals surface area contributed by atoms with Gasteiger partial charge >= 0.3 is 0 Å². The van der Waals surface area contributed by atoms with E-state index in [0.717, 1.165) is 12.8 Å². The highest BCUT2D eigenvalue weighted by atomic mass is 16.6. The van der Waals surface area contributed by atoms with Gasteiger partial charge in [0.1, 0.15) is 0 Å². The van der Waals surface area contributed by atoms with Gasteiger partial charge in [-0.05, 0) is 25.3 Å². The van der Waals surface area contributed by atoms with E-state index in [9.17, 15) is 4.79 Å². The second kappa shape index (κ2) is 8.10. The molecule has 1 heterocycles. The normalized spacial score (nSPS) is 24.5. The Morgan fingerprint density at radius 3 is 2.67 bits per heavy atom. The summed E-state index contributed by atoms with van der Waals surface area (Å²) in [6, 6.07) is 10.7. The fourth-order valence-corrected chi connectivity index (χ4v) is 3.72. The number of amides is 1. The Balaban J connectivity index is 1.58. The van der Waals surface area contributed by atoms with Gasteiger partial charge in [0, 0.05) is 18.1 Å². The predicted octanol–water partition coefficient (Wildman–Crippen LogP) is 2.18. The monoisotopic (exact) mass is 332 g/mol. The first-order valence-corrected chi connectivity index (χ1v) is 8.98. The molecule has 0 aromatic heterocycles. The van der Waals surface area contributed by atoms with Gasteiger partial charge in [-0.1, -0.05) is 43.2 Å². The molecule has 1 aliphatic carbocycles. The minimum Gasteiger partial charge on any atom is -0.376 e. The standard InChI is InChI=1S/C19H28N2O3/c1-15(16-7-3-2-4-8-16)21-19(9-5-6-10-19)14-20-18(22)17-13-23-11-12-24-17/h2-4,7-8,15,17,21H,5-6,9-14H2,1H3,(H,20,22). The Hall–Kier alpha value is -1.43. The molecule has 2 N–H and O–H groups in total. The maximum Gasteiger partial charge on any atom is 0.251 e. The molecule has 2 atom stereocenters. The smallest absolute Gasteiger partial charge is 0.251 e. The van der Waals surface area contributed by atoms with Crippen molar-refractivity contribution in [1.82, 2.24) is 10.6 Å². The van der Waals surface area contributed by atoms with E-state index in [-0.39, 0.29) is 17.5 Å². The molecule has 1 saturated carbocycles. The lowest BCUT2D eigenvalue weighted by molar-refractivity contribution is -0.147. The summed E-state index contributed by atoms with van der Waals surface area (Å²) >= 11 is 0. The van der Waals surface area contributed by atoms with Gasteiger partial charge in [-0.25, -0.2) is 0 Å². The first kappa shape index (κ1) is 17.4. The summed E-state index contributed by atoms with van der Waals surface area (Å²) in [5.74, 6) is -0.0601. The Morgan fingerprint density at radius 2 is 2.00 bits per heavy atom. The second-order valence-electron chi connectivity index (χ2n) is 6.92. The van der Waals surface area contributed by atoms with Crippen LogP contribution in [0.1, 0.15) is 44.2 Å². The average molecular weight is 332 g/mol. The number of nitrogens with one attached hydrogen (secondary N) is 2. The number of benzene rings is 1. The van der Waals surface area contributed by atoms with Crippen molar-refractivity contribution in [2.75, 3.05) is 26.4 Å². The van der Waals surface area contributed by atoms with Crippen molar-refractivity contribution in [2.45, 2.75) is 50.3 Å². The quantitative estimate of drug-likeness (QED) is 0.838. The highest BCUT2D eigenvalue weighted by Crippen LogP contribution is 2.31. The summed E-state index contributed by atoms with van der Waals surface area (Å²) in [5.41, 5.74) is 1.25. The Labute approximate surface area is 144 Å². The molecular weight excluding hydrogens is 304 g/mol. The first-order valence-electron chi connectivity index (χ1n) is 8.98. The molecule has 0 spiro atoms. The zero-order valence-electron chi connectivity index (χ0n) is 14.4. The van der Waals surface area contributed by atoms with Crippen LogP contribution >= 0.6 is 0 Å². The summed E-state index contributed by atoms with van der Waals surface area (Å²) in [7, 11) is 0. The predicted molar refractivity (Wildman–Crippen MR) is 92.8 cm³/mol. The van der Waals surface area contributed by atoms with Crippen LogP contribution in [0, 0.1) is 0 Å². The molecule has 5 heteroatoms. The Kier molecular flexibility index (Phi) is 5.87. The van der Waals surface area contributed by atoms with Crippen LogP contribution in [0.5, 0.6) is 0 Å². The summed E-state index contributed by atoms with van der Waals surface area (Å²) in [6.45, 7) is 4.25. The molecule has 1 aromatic carbocycles. The Morgan fingerprint density at radius 1 is 1.25 bits per heavy atom. The molecule has 1 aliphatic heterocycles. The van der Waals surface area contributed by atoms with Crippen molar-refractivity contribution in [3.8, 4) is 0 Å². The molecule has 1 saturated heterocycles. The number of carbonyl (C=O) groups is 1. The van der Waals surface area contributed by atoms with E-state index < -0.39 is 6.10 Å². The number of hydrogen-bond acceptors (Lipinski definition) is 4. The summed E-state index contributed by atoms with van der Waals surface area (Å²) in [5, 5.41) is 6.87. The van der Waals surface area contributed by atoms with E-state index in [0.29, 0.717) is 26.4 Å². The summed E-state index contributed by atoms with van der Waals surface area (Å²) in [6.07, 6.45) is 4.11. The maximum atomic E-state index is 12.3. The van der Waals surface area contributed by atoms with Gasteiger partial charge < -0.3 is 20.1 Å². The van der Waals surface area contributed by atoms with Crippen LogP contribution in [0.15, 0.2) is 30.3 Å². The fourth-order valence-electron chi connectivity index (χ4n) is 3.72. The van der Waals surface area contributed by atoms with Crippen molar-refractivity contribution < 1.29 is 14.3 Å². The largest absolute Gasteiger partial charge is 0.376 e. The number of hydrogen-bond donors (Lipinski definition) is 2. The molecular formula is C19H28N2O3. The van der Waals surface area contributed by atoms with Crippen molar-refractivity contribution >= 4 is 5.91 Å². The van der Waals surface area contributed by atoms with Crippen LogP contribution < -0.4 is 10.6 Å². The lowest BCUT2D eigenvalue weighted by Gasteiger charge is -2.35. The lowest BCUT2D eigenvalue weighted by atomic mass is 9.94. The van der Waals surface area contributed by atoms with Gasteiger partial charge in [0.25, 0.3) is 5.91 Å². The maximum absolute atomic E-state index is 12.3. The minimum atomic E-state index is -0.469. The number of carbonyl (C=O) groups excluding carboxylic acids is 1. The topological polar surface area (TPSA) is 59.6 Å². The first-order chi connectivity index (χ1) is 11.7. The van der Waals surface area contributed by atoms with Gasteiger partial charge in [0.2, 0.25) is 0 Å². The summed E-state index contributed by atoms with van der Waals surface area (Å²) in [4.78, 5) is 12.3. The average Bonchev–Trinajstić information content (AvgIpc) is 3.10. The summed E-state index contributed by atoms with van der Waals surface area (Å²) < 4.78 is 10.8. The molecule has 1 amide bonds. The SMILES string of the molecule is CC(NC1(CNC(=O)C2COCCO2)CCCC1)c1ccccc1. The molecule has 24 heavy (non-hydrogen) atoms. The van der Waals surface area contributed by atoms with Gasteiger partial charge in [-0.3, -0.25) is 4.79 Å². The highest BCUT2D eigenvalue weighted by Gasteiger charge is 2.36. The molecule has 2 fully saturated rings. The van der Waals surface area contributed by atoms with Crippen molar-refractivity contribution in [3.63, 3.8) is 0 Å². The van der Waals surface area contributed by atoms with Crippen LogP contribution in [0.4, 0.5) is 0 Å². The zero-order chi connectivity index (χ0) is 16.8. The van der Waals surface area contributed by atoms with Crippen molar-refractivity contribution in [3.05, 3.63) is 35.9 Å². The van der Waals surface area contributed by atoms with Crippen LogP contribution in [-0.2, 0) is 14.3 Å². The van der Waals surface area contributed by atoms with Gasteiger partial charge in [-0.2, -0.15) is 0 Å². The van der Waals surface area contributed by atoms with Crippen LogP contribution in [0.25, 0.3) is 0 Å². The molecule has 3 rings (SSSR count). The number of ether oxygens (including phenoxy) is 2. The second-order valence-corrected chi connectivity index (χ2v) is 6.92. The van der Waals surface area contributed by atoms with E-state index in [1.54, 1.807) is 0 Å². The van der Waals surface area contributed by atoms with Crippen molar-refractivity contribution in [2.24, 2.45) is 0 Å². The van der Waals surface area contributed by atoms with Gasteiger partial charge in [0.05, 0.1) is 19.8 Å². The Bertz CT molecular complexity index is 523. The van der Waals surface area contributed by atoms with E-state index in [1.165, 1.54) is 18.4 Å². The number of rotatable bonds is 6. The van der Waals surface area contributed by atoms with Gasteiger partial charge in [0.15, 0.2) is 6.10 Å². The van der Waals surface area contributed by atoms with E-state index >= 15 is 0 Å². The fraction of sp³-hybridized carbons (Fsp3) is 0.632. The lowest BCUT2D eigenvalue weighted by Crippen LogP contribution is -2.54. The molecule has 0 radical (unpaired) electrons. The highest BCUT2D eigenvalue weighted by molar-refractivity contribution is 5.81. The zero-order valence-corrected chi connectivity index (χ0v) is 14.4. The molecule has 1 aromatic rings. The van der Waals surface area contributed by atoms with Gasteiger partial charge in [-0.15, -0.1) is 0 Å². The third-order valence-corrected chi connectivity index (χ3v) is 5.09. The molecule has 5 nitrogen and oxygen atoms in total. The van der Waals surface area contributed by atoms with Crippen molar-refractivity contribution in [1.29, 1.82) is 0 Å². The van der Waals surface area contributed by atoms with Crippen LogP contribution in [-0.4, -0.2) is 43.9 Å². The molecule has 0 bridgehead atoms. The molecule has 132 valence electrons. The van der Waals surface area contributed by atoms with E-state index in [2.05, 4.69) is 41.8 Å². The van der Waals surface area contributed by atoms with E-state index in [4.69, 9.17) is 9.47 Å². The van der Waals surface area contributed by atoms with Crippen LogP contribution in [0.2, 0.25) is 0 Å². The van der Waals surface area contributed by atoms with Crippen LogP contribution in [0.3, 0.4) is 0 Å². The molecule has 2 aliphatic rings. The third kappa shape index (κ3) is 4.35. The minimum absolute atomic E-state index is 0.0273. The van der Waals surface area contributed by atoms with E-state index in [1.807, 2.05) is 6.07 Å².